The van der Waals surface area contributed by atoms with Gasteiger partial charge in [-0.2, -0.15) is 0 Å². The van der Waals surface area contributed by atoms with Crippen LogP contribution in [0.5, 0.6) is 0 Å². The standard InChI is InChI=1S/C66H107NO10/c1-4-7-10-13-16-19-22-25-27-29-31-32-35-38-41-44-47-50-53-59(70)65(74)67-57(58(69)52-49-46-43-40-37-34-24-21-18-15-12-9-6-3)56-75-66-64(63(73)62(72)60(55-68)76-66)77-61(71)54-51-48-45-42-39-36-33-30-28-26-23-20-17-14-11-8-5-2/h8,11,14,16-17,19-20,23,25-28,30-33,36,38-39,41,49,52,57-60,62-64,66,68-70,72-73H,4-7,9-10,12-13,15,18,21-22,24,29,34-35,37,40,42-48,50-51,53-56H2,1-3H3,(H,67,74)/b11-8-,17-14+,19-16-,23-20+,27-25-,28-26-,32-31-,33-30+,39-36+,41-38-,52-49+. The number of aliphatic hydroxyl groups is 5. The number of esters is 1. The highest BCUT2D eigenvalue weighted by Gasteiger charge is 2.47. The second-order valence-corrected chi connectivity index (χ2v) is 20.1. The Morgan fingerprint density at radius 3 is 1.55 bits per heavy atom. The third-order valence-corrected chi connectivity index (χ3v) is 13.2. The van der Waals surface area contributed by atoms with Gasteiger partial charge in [0.05, 0.1) is 25.4 Å². The zero-order valence-corrected chi connectivity index (χ0v) is 48.0. The van der Waals surface area contributed by atoms with Crippen LogP contribution in [0.15, 0.2) is 134 Å². The third kappa shape index (κ3) is 40.6. The maximum Gasteiger partial charge on any atom is 0.306 e. The molecular weight excluding hydrogens is 967 g/mol. The molecule has 1 saturated heterocycles. The Hall–Kier alpha value is -4.20. The minimum atomic E-state index is -1.65. The minimum Gasteiger partial charge on any atom is -0.454 e. The van der Waals surface area contributed by atoms with Crippen molar-refractivity contribution in [3.8, 4) is 0 Å². The molecule has 1 aliphatic rings. The molecule has 8 atom stereocenters. The summed E-state index contributed by atoms with van der Waals surface area (Å²) >= 11 is 0. The minimum absolute atomic E-state index is 0.0598. The van der Waals surface area contributed by atoms with Crippen molar-refractivity contribution in [2.45, 2.75) is 256 Å². The van der Waals surface area contributed by atoms with E-state index in [1.165, 1.54) is 70.6 Å². The van der Waals surface area contributed by atoms with Crippen molar-refractivity contribution in [3.63, 3.8) is 0 Å². The van der Waals surface area contributed by atoms with Crippen molar-refractivity contribution >= 4 is 11.9 Å². The van der Waals surface area contributed by atoms with Crippen LogP contribution in [0.25, 0.3) is 0 Å². The average molecular weight is 1070 g/mol. The normalized spacial score (nSPS) is 20.0. The summed E-state index contributed by atoms with van der Waals surface area (Å²) in [5, 5.41) is 56.9. The first-order chi connectivity index (χ1) is 37.7. The van der Waals surface area contributed by atoms with Crippen LogP contribution in [-0.4, -0.2) is 99.6 Å². The van der Waals surface area contributed by atoms with Gasteiger partial charge in [-0.05, 0) is 89.9 Å². The van der Waals surface area contributed by atoms with E-state index in [9.17, 15) is 35.1 Å². The highest BCUT2D eigenvalue weighted by molar-refractivity contribution is 5.80. The van der Waals surface area contributed by atoms with Crippen molar-refractivity contribution in [1.82, 2.24) is 5.32 Å². The summed E-state index contributed by atoms with van der Waals surface area (Å²) in [6.45, 7) is 5.55. The van der Waals surface area contributed by atoms with Crippen LogP contribution in [0, 0.1) is 0 Å². The van der Waals surface area contributed by atoms with E-state index in [4.69, 9.17) is 14.2 Å². The van der Waals surface area contributed by atoms with Gasteiger partial charge in [-0.1, -0.05) is 244 Å². The first-order valence-electron chi connectivity index (χ1n) is 30.0. The lowest BCUT2D eigenvalue weighted by molar-refractivity contribution is -0.305. The molecule has 1 fully saturated rings. The fourth-order valence-electron chi connectivity index (χ4n) is 8.43. The topological polar surface area (TPSA) is 175 Å². The molecule has 1 amide bonds. The van der Waals surface area contributed by atoms with Crippen LogP contribution in [-0.2, 0) is 23.8 Å². The Morgan fingerprint density at radius 2 is 0.987 bits per heavy atom. The largest absolute Gasteiger partial charge is 0.454 e. The molecular formula is C66H107NO10. The fourth-order valence-corrected chi connectivity index (χ4v) is 8.43. The van der Waals surface area contributed by atoms with E-state index in [0.29, 0.717) is 12.8 Å². The van der Waals surface area contributed by atoms with E-state index in [2.05, 4.69) is 86.8 Å². The van der Waals surface area contributed by atoms with Crippen molar-refractivity contribution in [2.24, 2.45) is 0 Å². The first kappa shape index (κ1) is 70.8. The maximum absolute atomic E-state index is 13.4. The molecule has 1 aliphatic heterocycles. The number of unbranched alkanes of at least 4 members (excludes halogenated alkanes) is 19. The van der Waals surface area contributed by atoms with Gasteiger partial charge in [-0.15, -0.1) is 0 Å². The highest BCUT2D eigenvalue weighted by atomic mass is 16.7. The SMILES string of the molecule is CC\C=C/C=C/C=C/C=C\C=C\C=C\CCCCCC(=O)OC1C(OCC(NC(=O)C(O)CCCC/C=C\C/C=C\C/C=C\C/C=C\CCCCC)C(O)/C=C/CCCCCCCCCCCCC)OC(CO)C(O)C1O. The fraction of sp³-hybridized carbons (Fsp3) is 0.636. The lowest BCUT2D eigenvalue weighted by atomic mass is 9.99. The van der Waals surface area contributed by atoms with Crippen LogP contribution < -0.4 is 5.32 Å². The molecule has 8 unspecified atom stereocenters. The van der Waals surface area contributed by atoms with Gasteiger partial charge < -0.3 is 45.1 Å². The molecule has 11 heteroatoms. The predicted octanol–water partition coefficient (Wildman–Crippen LogP) is 14.1. The Balaban J connectivity index is 2.79. The Morgan fingerprint density at radius 1 is 0.532 bits per heavy atom. The van der Waals surface area contributed by atoms with E-state index < -0.39 is 67.4 Å². The van der Waals surface area contributed by atoms with Crippen molar-refractivity contribution in [2.75, 3.05) is 13.2 Å². The number of nitrogens with one attached hydrogen (secondary N) is 1. The van der Waals surface area contributed by atoms with E-state index in [-0.39, 0.29) is 19.4 Å². The molecule has 436 valence electrons. The van der Waals surface area contributed by atoms with Gasteiger partial charge in [0, 0.05) is 6.42 Å². The Bertz CT molecular complexity index is 1760. The van der Waals surface area contributed by atoms with E-state index in [1.807, 2.05) is 66.8 Å². The maximum atomic E-state index is 13.4. The van der Waals surface area contributed by atoms with Gasteiger partial charge in [0.2, 0.25) is 5.91 Å². The summed E-state index contributed by atoms with van der Waals surface area (Å²) in [7, 11) is 0. The summed E-state index contributed by atoms with van der Waals surface area (Å²) in [5.41, 5.74) is 0. The molecule has 0 aromatic rings. The van der Waals surface area contributed by atoms with Gasteiger partial charge in [0.1, 0.15) is 24.4 Å². The van der Waals surface area contributed by atoms with Crippen molar-refractivity contribution in [3.05, 3.63) is 134 Å². The van der Waals surface area contributed by atoms with E-state index in [0.717, 1.165) is 89.9 Å². The summed E-state index contributed by atoms with van der Waals surface area (Å²) < 4.78 is 17.5. The molecule has 1 rings (SSSR count). The first-order valence-corrected chi connectivity index (χ1v) is 30.0. The van der Waals surface area contributed by atoms with Crippen LogP contribution >= 0.6 is 0 Å². The highest BCUT2D eigenvalue weighted by Crippen LogP contribution is 2.26. The number of hydrogen-bond acceptors (Lipinski definition) is 10. The summed E-state index contributed by atoms with van der Waals surface area (Å²) in [6, 6.07) is -1.06. The number of aliphatic hydroxyl groups excluding tert-OH is 5. The van der Waals surface area contributed by atoms with Gasteiger partial charge in [0.15, 0.2) is 12.4 Å². The molecule has 11 nitrogen and oxygen atoms in total. The van der Waals surface area contributed by atoms with Gasteiger partial charge in [-0.25, -0.2) is 0 Å². The summed E-state index contributed by atoms with van der Waals surface area (Å²) in [4.78, 5) is 26.5. The van der Waals surface area contributed by atoms with Crippen LogP contribution in [0.4, 0.5) is 0 Å². The zero-order valence-electron chi connectivity index (χ0n) is 48.0. The number of carbonyl (C=O) groups is 2. The van der Waals surface area contributed by atoms with Crippen LogP contribution in [0.2, 0.25) is 0 Å². The van der Waals surface area contributed by atoms with E-state index >= 15 is 0 Å². The van der Waals surface area contributed by atoms with E-state index in [1.54, 1.807) is 6.08 Å². The Labute approximate surface area is 467 Å². The second kappa shape index (κ2) is 52.5. The zero-order chi connectivity index (χ0) is 56.1. The molecule has 0 bridgehead atoms. The van der Waals surface area contributed by atoms with Crippen molar-refractivity contribution in [1.29, 1.82) is 0 Å². The van der Waals surface area contributed by atoms with Gasteiger partial charge in [-0.3, -0.25) is 9.59 Å². The van der Waals surface area contributed by atoms with Crippen LogP contribution in [0.1, 0.15) is 207 Å². The summed E-state index contributed by atoms with van der Waals surface area (Å²) in [5.74, 6) is -1.29. The molecule has 0 radical (unpaired) electrons. The quantitative estimate of drug-likeness (QED) is 0.0149. The Kier molecular flexibility index (Phi) is 48.3. The molecule has 0 aliphatic carbocycles. The molecule has 0 spiro atoms. The van der Waals surface area contributed by atoms with Gasteiger partial charge in [0.25, 0.3) is 0 Å². The molecule has 0 saturated carbocycles. The molecule has 1 heterocycles. The molecule has 0 aromatic heterocycles. The molecule has 6 N–H and O–H groups in total. The van der Waals surface area contributed by atoms with Crippen molar-refractivity contribution < 1.29 is 49.3 Å². The number of ether oxygens (including phenoxy) is 3. The predicted molar refractivity (Wildman–Crippen MR) is 319 cm³/mol. The molecule has 0 aromatic carbocycles. The van der Waals surface area contributed by atoms with Crippen LogP contribution in [0.3, 0.4) is 0 Å². The number of amides is 1. The lowest BCUT2D eigenvalue weighted by Gasteiger charge is -2.41. The molecule has 77 heavy (non-hydrogen) atoms. The monoisotopic (exact) mass is 1070 g/mol. The third-order valence-electron chi connectivity index (χ3n) is 13.2. The smallest absolute Gasteiger partial charge is 0.306 e. The number of hydrogen-bond donors (Lipinski definition) is 6. The van der Waals surface area contributed by atoms with Gasteiger partial charge >= 0.3 is 5.97 Å². The number of carbonyl (C=O) groups excluding carboxylic acids is 2. The number of allylic oxidation sites excluding steroid dienone is 21. The second-order valence-electron chi connectivity index (χ2n) is 20.1. The lowest BCUT2D eigenvalue weighted by Crippen LogP contribution is -2.61. The summed E-state index contributed by atoms with van der Waals surface area (Å²) in [6.07, 6.45) is 63.4. The number of rotatable bonds is 48. The average Bonchev–Trinajstić information content (AvgIpc) is 3.43.